The lowest BCUT2D eigenvalue weighted by atomic mass is 9.84. The van der Waals surface area contributed by atoms with E-state index in [9.17, 15) is 0 Å². The molecule has 3 heteroatoms. The summed E-state index contributed by atoms with van der Waals surface area (Å²) in [4.78, 5) is 2.53. The minimum Gasteiger partial charge on any atom is -0.373 e. The lowest BCUT2D eigenvalue weighted by molar-refractivity contribution is -0.0773. The number of hydrogen-bond donors (Lipinski definition) is 1. The summed E-state index contributed by atoms with van der Waals surface area (Å²) in [7, 11) is 2.04. The molecule has 1 saturated heterocycles. The Bertz CT molecular complexity index is 208. The zero-order valence-electron chi connectivity index (χ0n) is 11.7. The van der Waals surface area contributed by atoms with Crippen LogP contribution in [0.1, 0.15) is 34.6 Å². The van der Waals surface area contributed by atoms with E-state index in [1.165, 1.54) is 0 Å². The van der Waals surface area contributed by atoms with Crippen molar-refractivity contribution in [2.75, 3.05) is 26.7 Å². The summed E-state index contributed by atoms with van der Waals surface area (Å²) in [5.74, 6) is 0. The van der Waals surface area contributed by atoms with Crippen molar-refractivity contribution < 1.29 is 4.74 Å². The molecule has 1 aliphatic rings. The molecule has 0 spiro atoms. The third-order valence-corrected chi connectivity index (χ3v) is 3.73. The third kappa shape index (κ3) is 3.72. The highest BCUT2D eigenvalue weighted by Crippen LogP contribution is 2.24. The molecule has 0 saturated carbocycles. The van der Waals surface area contributed by atoms with Crippen molar-refractivity contribution in [3.63, 3.8) is 0 Å². The van der Waals surface area contributed by atoms with Gasteiger partial charge in [-0.05, 0) is 33.2 Å². The molecule has 16 heavy (non-hydrogen) atoms. The normalized spacial score (nSPS) is 30.4. The maximum absolute atomic E-state index is 5.76. The molecule has 0 bridgehead atoms. The summed E-state index contributed by atoms with van der Waals surface area (Å²) in [6.45, 7) is 14.5. The van der Waals surface area contributed by atoms with Crippen LogP contribution in [0.25, 0.3) is 0 Å². The Kier molecular flexibility index (Phi) is 4.77. The molecule has 0 aromatic rings. The van der Waals surface area contributed by atoms with E-state index in [4.69, 9.17) is 4.74 Å². The second kappa shape index (κ2) is 5.48. The van der Waals surface area contributed by atoms with E-state index in [1.807, 2.05) is 7.05 Å². The summed E-state index contributed by atoms with van der Waals surface area (Å²) < 4.78 is 5.76. The van der Waals surface area contributed by atoms with Gasteiger partial charge >= 0.3 is 0 Å². The van der Waals surface area contributed by atoms with Gasteiger partial charge in [0.25, 0.3) is 0 Å². The Morgan fingerprint density at radius 1 is 1.31 bits per heavy atom. The van der Waals surface area contributed by atoms with Crippen LogP contribution in [0, 0.1) is 5.41 Å². The van der Waals surface area contributed by atoms with Crippen LogP contribution in [0.15, 0.2) is 0 Å². The topological polar surface area (TPSA) is 24.5 Å². The average molecular weight is 228 g/mol. The predicted molar refractivity (Wildman–Crippen MR) is 68.8 cm³/mol. The summed E-state index contributed by atoms with van der Waals surface area (Å²) in [5.41, 5.74) is 0.297. The minimum atomic E-state index is 0.297. The molecule has 0 aromatic carbocycles. The van der Waals surface area contributed by atoms with Crippen molar-refractivity contribution >= 4 is 0 Å². The third-order valence-electron chi connectivity index (χ3n) is 3.73. The predicted octanol–water partition coefficient (Wildman–Crippen LogP) is 1.73. The van der Waals surface area contributed by atoms with Crippen molar-refractivity contribution in [3.8, 4) is 0 Å². The quantitative estimate of drug-likeness (QED) is 0.793. The van der Waals surface area contributed by atoms with Crippen LogP contribution in [0.3, 0.4) is 0 Å². The fraction of sp³-hybridized carbons (Fsp3) is 1.00. The first-order valence-corrected chi connectivity index (χ1v) is 6.40. The average Bonchev–Trinajstić information content (AvgIpc) is 2.13. The molecule has 1 heterocycles. The highest BCUT2D eigenvalue weighted by atomic mass is 16.5. The number of rotatable bonds is 4. The van der Waals surface area contributed by atoms with Crippen LogP contribution >= 0.6 is 0 Å². The van der Waals surface area contributed by atoms with Gasteiger partial charge < -0.3 is 10.1 Å². The van der Waals surface area contributed by atoms with E-state index < -0.39 is 0 Å². The largest absolute Gasteiger partial charge is 0.373 e. The van der Waals surface area contributed by atoms with Crippen LogP contribution in [0.4, 0.5) is 0 Å². The zero-order chi connectivity index (χ0) is 12.3. The molecule has 3 unspecified atom stereocenters. The fourth-order valence-electron chi connectivity index (χ4n) is 2.52. The smallest absolute Gasteiger partial charge is 0.0678 e. The molecular formula is C13H28N2O. The molecule has 0 amide bonds. The molecule has 0 aromatic heterocycles. The van der Waals surface area contributed by atoms with Gasteiger partial charge in [0, 0.05) is 25.7 Å². The maximum Gasteiger partial charge on any atom is 0.0678 e. The molecule has 1 rings (SSSR count). The lowest BCUT2D eigenvalue weighted by Crippen LogP contribution is -2.52. The van der Waals surface area contributed by atoms with Gasteiger partial charge in [-0.3, -0.25) is 4.90 Å². The highest BCUT2D eigenvalue weighted by Gasteiger charge is 2.30. The maximum atomic E-state index is 5.76. The van der Waals surface area contributed by atoms with Gasteiger partial charge in [-0.2, -0.15) is 0 Å². The molecule has 1 aliphatic heterocycles. The van der Waals surface area contributed by atoms with E-state index in [1.54, 1.807) is 0 Å². The number of nitrogens with zero attached hydrogens (tertiary/aromatic N) is 1. The van der Waals surface area contributed by atoms with E-state index in [2.05, 4.69) is 44.8 Å². The van der Waals surface area contributed by atoms with Gasteiger partial charge in [0.1, 0.15) is 0 Å². The molecule has 0 aliphatic carbocycles. The van der Waals surface area contributed by atoms with E-state index >= 15 is 0 Å². The first-order valence-electron chi connectivity index (χ1n) is 6.40. The van der Waals surface area contributed by atoms with Crippen molar-refractivity contribution in [1.29, 1.82) is 0 Å². The van der Waals surface area contributed by atoms with Crippen LogP contribution in [-0.2, 0) is 4.74 Å². The Balaban J connectivity index is 2.52. The molecule has 0 radical (unpaired) electrons. The van der Waals surface area contributed by atoms with Crippen molar-refractivity contribution in [2.24, 2.45) is 5.41 Å². The first kappa shape index (κ1) is 13.9. The van der Waals surface area contributed by atoms with Gasteiger partial charge in [-0.15, -0.1) is 0 Å². The first-order chi connectivity index (χ1) is 7.35. The van der Waals surface area contributed by atoms with Crippen molar-refractivity contribution in [2.45, 2.75) is 52.9 Å². The van der Waals surface area contributed by atoms with Crippen LogP contribution in [0.2, 0.25) is 0 Å². The Labute approximate surface area is 101 Å². The van der Waals surface area contributed by atoms with E-state index in [-0.39, 0.29) is 0 Å². The van der Waals surface area contributed by atoms with Gasteiger partial charge in [0.2, 0.25) is 0 Å². The molecule has 1 N–H and O–H groups in total. The molecule has 3 nitrogen and oxygen atoms in total. The Hall–Kier alpha value is -0.120. The number of morpholine rings is 1. The van der Waals surface area contributed by atoms with Gasteiger partial charge in [0.15, 0.2) is 0 Å². The minimum absolute atomic E-state index is 0.297. The van der Waals surface area contributed by atoms with Crippen LogP contribution < -0.4 is 5.32 Å². The monoisotopic (exact) mass is 228 g/mol. The number of ether oxygens (including phenoxy) is 1. The SMILES string of the molecule is CNC(C)C(C)(C)CN1CC(C)OC(C)C1. The van der Waals surface area contributed by atoms with E-state index in [0.29, 0.717) is 23.7 Å². The van der Waals surface area contributed by atoms with Crippen molar-refractivity contribution in [3.05, 3.63) is 0 Å². The summed E-state index contributed by atoms with van der Waals surface area (Å²) in [6, 6.07) is 0.529. The molecule has 1 fully saturated rings. The van der Waals surface area contributed by atoms with Crippen LogP contribution in [-0.4, -0.2) is 49.8 Å². The van der Waals surface area contributed by atoms with Gasteiger partial charge in [-0.1, -0.05) is 13.8 Å². The highest BCUT2D eigenvalue weighted by molar-refractivity contribution is 4.85. The van der Waals surface area contributed by atoms with Gasteiger partial charge in [0.05, 0.1) is 12.2 Å². The standard InChI is InChI=1S/C13H28N2O/c1-10-7-15(8-11(2)16-10)9-13(4,5)12(3)14-6/h10-12,14H,7-9H2,1-6H3. The molecule has 3 atom stereocenters. The summed E-state index contributed by atoms with van der Waals surface area (Å²) >= 11 is 0. The Morgan fingerprint density at radius 2 is 1.81 bits per heavy atom. The van der Waals surface area contributed by atoms with Gasteiger partial charge in [-0.25, -0.2) is 0 Å². The van der Waals surface area contributed by atoms with Crippen molar-refractivity contribution in [1.82, 2.24) is 10.2 Å². The second-order valence-electron chi connectivity index (χ2n) is 5.95. The summed E-state index contributed by atoms with van der Waals surface area (Å²) in [6.07, 6.45) is 0.730. The number of hydrogen-bond acceptors (Lipinski definition) is 3. The molecular weight excluding hydrogens is 200 g/mol. The Morgan fingerprint density at radius 3 is 2.25 bits per heavy atom. The van der Waals surface area contributed by atoms with Crippen LogP contribution in [0.5, 0.6) is 0 Å². The zero-order valence-corrected chi connectivity index (χ0v) is 11.7. The molecule has 96 valence electrons. The lowest BCUT2D eigenvalue weighted by Gasteiger charge is -2.41. The summed E-state index contributed by atoms with van der Waals surface area (Å²) in [5, 5.41) is 3.36. The fourth-order valence-corrected chi connectivity index (χ4v) is 2.52. The second-order valence-corrected chi connectivity index (χ2v) is 5.95. The van der Waals surface area contributed by atoms with E-state index in [0.717, 1.165) is 19.6 Å². The number of nitrogens with one attached hydrogen (secondary N) is 1.